The van der Waals surface area contributed by atoms with Gasteiger partial charge in [-0.1, -0.05) is 22.9 Å². The summed E-state index contributed by atoms with van der Waals surface area (Å²) in [5.74, 6) is -0.0351. The molecule has 2 amide bonds. The van der Waals surface area contributed by atoms with E-state index in [1.807, 2.05) is 6.92 Å². The van der Waals surface area contributed by atoms with E-state index >= 15 is 0 Å². The van der Waals surface area contributed by atoms with E-state index in [-0.39, 0.29) is 31.0 Å². The predicted octanol–water partition coefficient (Wildman–Crippen LogP) is 2.50. The first-order valence-corrected chi connectivity index (χ1v) is 7.41. The van der Waals surface area contributed by atoms with Crippen LogP contribution < -0.4 is 5.32 Å². The van der Waals surface area contributed by atoms with Gasteiger partial charge in [-0.3, -0.25) is 0 Å². The van der Waals surface area contributed by atoms with Crippen LogP contribution in [0, 0.1) is 11.7 Å². The van der Waals surface area contributed by atoms with Crippen molar-refractivity contribution in [3.63, 3.8) is 0 Å². The number of aliphatic hydroxyl groups is 1. The Balaban J connectivity index is 1.97. The summed E-state index contributed by atoms with van der Waals surface area (Å²) in [6.45, 7) is 2.89. The maximum absolute atomic E-state index is 13.2. The van der Waals surface area contributed by atoms with Crippen molar-refractivity contribution in [3.05, 3.63) is 34.1 Å². The van der Waals surface area contributed by atoms with Gasteiger partial charge in [-0.15, -0.1) is 0 Å². The van der Waals surface area contributed by atoms with Gasteiger partial charge in [0, 0.05) is 17.6 Å². The number of benzene rings is 1. The molecular weight excluding hydrogens is 327 g/mol. The van der Waals surface area contributed by atoms with Gasteiger partial charge in [0.05, 0.1) is 12.6 Å². The summed E-state index contributed by atoms with van der Waals surface area (Å²) in [7, 11) is 0. The fraction of sp³-hybridized carbons (Fsp3) is 0.500. The second-order valence-electron chi connectivity index (χ2n) is 5.10. The smallest absolute Gasteiger partial charge is 0.318 e. The average molecular weight is 345 g/mol. The van der Waals surface area contributed by atoms with Crippen LogP contribution in [0.4, 0.5) is 9.18 Å². The van der Waals surface area contributed by atoms with E-state index in [1.54, 1.807) is 11.0 Å². The third kappa shape index (κ3) is 3.30. The summed E-state index contributed by atoms with van der Waals surface area (Å²) in [5, 5.41) is 12.1. The number of likely N-dealkylation sites (tertiary alicyclic amines) is 1. The van der Waals surface area contributed by atoms with E-state index < -0.39 is 0 Å². The van der Waals surface area contributed by atoms with Gasteiger partial charge in [-0.25, -0.2) is 9.18 Å². The van der Waals surface area contributed by atoms with Crippen molar-refractivity contribution in [2.45, 2.75) is 25.9 Å². The van der Waals surface area contributed by atoms with Crippen LogP contribution in [0.2, 0.25) is 0 Å². The molecule has 0 aliphatic carbocycles. The second kappa shape index (κ2) is 6.54. The summed E-state index contributed by atoms with van der Waals surface area (Å²) in [4.78, 5) is 13.8. The van der Waals surface area contributed by atoms with Gasteiger partial charge in [0.15, 0.2) is 0 Å². The van der Waals surface area contributed by atoms with Crippen molar-refractivity contribution in [1.82, 2.24) is 10.2 Å². The molecule has 1 saturated heterocycles. The third-order valence-corrected chi connectivity index (χ3v) is 4.54. The van der Waals surface area contributed by atoms with Gasteiger partial charge >= 0.3 is 6.03 Å². The summed E-state index contributed by atoms with van der Waals surface area (Å²) in [5.41, 5.74) is 0.686. The van der Waals surface area contributed by atoms with Crippen molar-refractivity contribution < 1.29 is 14.3 Å². The Hall–Kier alpha value is -1.14. The van der Waals surface area contributed by atoms with E-state index in [4.69, 9.17) is 0 Å². The highest BCUT2D eigenvalue weighted by atomic mass is 79.9. The molecule has 0 radical (unpaired) electrons. The van der Waals surface area contributed by atoms with Crippen molar-refractivity contribution in [2.75, 3.05) is 13.2 Å². The Morgan fingerprint density at radius 1 is 1.60 bits per heavy atom. The number of carbonyl (C=O) groups excluding carboxylic acids is 1. The minimum Gasteiger partial charge on any atom is -0.394 e. The van der Waals surface area contributed by atoms with Crippen LogP contribution in [0.5, 0.6) is 0 Å². The highest BCUT2D eigenvalue weighted by Gasteiger charge is 2.33. The quantitative estimate of drug-likeness (QED) is 0.885. The Morgan fingerprint density at radius 2 is 2.35 bits per heavy atom. The highest BCUT2D eigenvalue weighted by molar-refractivity contribution is 9.10. The first kappa shape index (κ1) is 15.3. The second-order valence-corrected chi connectivity index (χ2v) is 5.96. The zero-order valence-corrected chi connectivity index (χ0v) is 12.9. The predicted molar refractivity (Wildman–Crippen MR) is 77.7 cm³/mol. The molecule has 1 aliphatic heterocycles. The number of hydrogen-bond donors (Lipinski definition) is 2. The Kier molecular flexibility index (Phi) is 4.99. The first-order chi connectivity index (χ1) is 9.52. The molecule has 0 aromatic heterocycles. The van der Waals surface area contributed by atoms with Crippen LogP contribution in [0.1, 0.15) is 18.9 Å². The summed E-state index contributed by atoms with van der Waals surface area (Å²) in [6.07, 6.45) is 0.891. The van der Waals surface area contributed by atoms with Crippen LogP contribution >= 0.6 is 15.9 Å². The molecule has 1 aromatic carbocycles. The van der Waals surface area contributed by atoms with E-state index in [1.165, 1.54) is 12.1 Å². The largest absolute Gasteiger partial charge is 0.394 e. The van der Waals surface area contributed by atoms with Crippen molar-refractivity contribution in [3.8, 4) is 0 Å². The maximum atomic E-state index is 13.2. The van der Waals surface area contributed by atoms with Gasteiger partial charge in [0.2, 0.25) is 0 Å². The van der Waals surface area contributed by atoms with Gasteiger partial charge in [0.25, 0.3) is 0 Å². The molecule has 0 spiro atoms. The molecule has 1 heterocycles. The number of aliphatic hydroxyl groups excluding tert-OH is 1. The zero-order valence-electron chi connectivity index (χ0n) is 11.3. The summed E-state index contributed by atoms with van der Waals surface area (Å²) >= 11 is 3.33. The molecule has 20 heavy (non-hydrogen) atoms. The summed E-state index contributed by atoms with van der Waals surface area (Å²) < 4.78 is 13.9. The van der Waals surface area contributed by atoms with Crippen LogP contribution in [-0.4, -0.2) is 35.2 Å². The SMILES string of the molecule is C[C@@H]1CCN(C(=O)NCc2cc(F)ccc2Br)[C@@H]1CO. The zero-order chi connectivity index (χ0) is 14.7. The topological polar surface area (TPSA) is 52.6 Å². The molecule has 2 atom stereocenters. The molecule has 110 valence electrons. The van der Waals surface area contributed by atoms with Crippen molar-refractivity contribution >= 4 is 22.0 Å². The third-order valence-electron chi connectivity index (χ3n) is 3.77. The number of rotatable bonds is 3. The number of hydrogen-bond acceptors (Lipinski definition) is 2. The lowest BCUT2D eigenvalue weighted by atomic mass is 10.0. The maximum Gasteiger partial charge on any atom is 0.318 e. The molecule has 1 aromatic rings. The van der Waals surface area contributed by atoms with Crippen molar-refractivity contribution in [2.24, 2.45) is 5.92 Å². The van der Waals surface area contributed by atoms with Crippen LogP contribution in [-0.2, 0) is 6.54 Å². The number of urea groups is 1. The lowest BCUT2D eigenvalue weighted by Crippen LogP contribution is -2.45. The highest BCUT2D eigenvalue weighted by Crippen LogP contribution is 2.23. The molecule has 1 aliphatic rings. The molecule has 2 rings (SSSR count). The molecule has 4 nitrogen and oxygen atoms in total. The first-order valence-electron chi connectivity index (χ1n) is 6.62. The van der Waals surface area contributed by atoms with E-state index in [0.717, 1.165) is 10.9 Å². The number of nitrogens with zero attached hydrogens (tertiary/aromatic N) is 1. The number of amides is 2. The lowest BCUT2D eigenvalue weighted by Gasteiger charge is -2.25. The molecule has 0 bridgehead atoms. The van der Waals surface area contributed by atoms with Crippen LogP contribution in [0.15, 0.2) is 22.7 Å². The number of halogens is 2. The van der Waals surface area contributed by atoms with Gasteiger partial charge < -0.3 is 15.3 Å². The molecule has 6 heteroatoms. The Morgan fingerprint density at radius 3 is 3.05 bits per heavy atom. The number of carbonyl (C=O) groups is 1. The standard InChI is InChI=1S/C14H18BrFN2O2/c1-9-4-5-18(13(9)8-19)14(20)17-7-10-6-11(16)2-3-12(10)15/h2-3,6,9,13,19H,4-5,7-8H2,1H3,(H,17,20)/t9-,13-/m1/s1. The molecule has 0 saturated carbocycles. The monoisotopic (exact) mass is 344 g/mol. The molecule has 0 unspecified atom stereocenters. The molecule has 1 fully saturated rings. The number of nitrogens with one attached hydrogen (secondary N) is 1. The summed E-state index contributed by atoms with van der Waals surface area (Å²) in [6, 6.07) is 4.01. The Bertz CT molecular complexity index is 498. The molecular formula is C14H18BrFN2O2. The fourth-order valence-electron chi connectivity index (χ4n) is 2.49. The van der Waals surface area contributed by atoms with E-state index in [9.17, 15) is 14.3 Å². The van der Waals surface area contributed by atoms with Gasteiger partial charge in [-0.2, -0.15) is 0 Å². The minimum absolute atomic E-state index is 0.0295. The normalized spacial score (nSPS) is 22.1. The lowest BCUT2D eigenvalue weighted by molar-refractivity contribution is 0.143. The van der Waals surface area contributed by atoms with Gasteiger partial charge in [-0.05, 0) is 36.1 Å². The van der Waals surface area contributed by atoms with Crippen molar-refractivity contribution in [1.29, 1.82) is 0 Å². The fourth-order valence-corrected chi connectivity index (χ4v) is 2.88. The van der Waals surface area contributed by atoms with Crippen LogP contribution in [0.25, 0.3) is 0 Å². The minimum atomic E-state index is -0.333. The average Bonchev–Trinajstić information content (AvgIpc) is 2.80. The Labute approximate surface area is 126 Å². The van der Waals surface area contributed by atoms with Gasteiger partial charge in [0.1, 0.15) is 5.82 Å². The molecule has 2 N–H and O–H groups in total. The van der Waals surface area contributed by atoms with E-state index in [2.05, 4.69) is 21.2 Å². The van der Waals surface area contributed by atoms with E-state index in [0.29, 0.717) is 18.0 Å². The van der Waals surface area contributed by atoms with Crippen LogP contribution in [0.3, 0.4) is 0 Å².